The second-order valence-electron chi connectivity index (χ2n) is 4.92. The van der Waals surface area contributed by atoms with Gasteiger partial charge in [0.15, 0.2) is 11.5 Å². The minimum Gasteiger partial charge on any atom is -0.493 e. The molecule has 0 amide bonds. The maximum atomic E-state index is 5.91. The van der Waals surface area contributed by atoms with Crippen LogP contribution >= 0.6 is 22.6 Å². The molecule has 10 heteroatoms. The first-order valence-corrected chi connectivity index (χ1v) is 9.54. The van der Waals surface area contributed by atoms with Crippen molar-refractivity contribution in [2.45, 2.75) is 19.4 Å². The number of rotatable bonds is 14. The van der Waals surface area contributed by atoms with Crippen LogP contribution < -0.4 is 23.7 Å². The van der Waals surface area contributed by atoms with Gasteiger partial charge in [0, 0.05) is 38.9 Å². The fraction of sp³-hybridized carbons (Fsp3) is 0.647. The molecule has 1 aromatic carbocycles. The highest BCUT2D eigenvalue weighted by molar-refractivity contribution is 14.1. The molecule has 9 nitrogen and oxygen atoms in total. The van der Waals surface area contributed by atoms with Crippen LogP contribution in [-0.2, 0) is 18.9 Å². The zero-order valence-electron chi connectivity index (χ0n) is 16.4. The summed E-state index contributed by atoms with van der Waals surface area (Å²) in [4.78, 5) is 0. The smallest absolute Gasteiger partial charge is 0.315 e. The van der Waals surface area contributed by atoms with Crippen molar-refractivity contribution in [2.24, 2.45) is 0 Å². The van der Waals surface area contributed by atoms with Crippen LogP contribution in [0.2, 0.25) is 0 Å². The van der Waals surface area contributed by atoms with Gasteiger partial charge >= 0.3 is 13.0 Å². The van der Waals surface area contributed by atoms with E-state index in [0.29, 0.717) is 29.6 Å². The van der Waals surface area contributed by atoms with Crippen molar-refractivity contribution in [2.75, 3.05) is 53.7 Å². The van der Waals surface area contributed by atoms with Gasteiger partial charge in [0.2, 0.25) is 17.2 Å². The lowest BCUT2D eigenvalue weighted by molar-refractivity contribution is -0.221. The van der Waals surface area contributed by atoms with Gasteiger partial charge in [0.1, 0.15) is 0 Å². The van der Waals surface area contributed by atoms with Gasteiger partial charge in [-0.05, 0) is 6.42 Å². The van der Waals surface area contributed by atoms with Crippen LogP contribution in [-0.4, -0.2) is 66.6 Å². The molecule has 0 heterocycles. The van der Waals surface area contributed by atoms with E-state index in [4.69, 9.17) is 42.6 Å². The lowest BCUT2D eigenvalue weighted by Gasteiger charge is -2.24. The van der Waals surface area contributed by atoms with E-state index in [0.717, 1.165) is 10.8 Å². The summed E-state index contributed by atoms with van der Waals surface area (Å²) in [6.45, 7) is -1.47. The summed E-state index contributed by atoms with van der Waals surface area (Å²) >= 11 is 2.27. The Balaban J connectivity index is 3.44. The van der Waals surface area contributed by atoms with Crippen LogP contribution in [0.15, 0.2) is 6.07 Å². The normalized spacial score (nSPS) is 11.0. The van der Waals surface area contributed by atoms with Crippen molar-refractivity contribution in [3.8, 4) is 28.7 Å². The highest BCUT2D eigenvalue weighted by Crippen LogP contribution is 2.51. The molecule has 0 saturated heterocycles. The summed E-state index contributed by atoms with van der Waals surface area (Å²) in [5.74, 6) is 1.48. The SMILES string of the molecule is COc1cc(OC(OC)OC)c(OC)c(OCCCI)c1OC(OC)OC. The number of alkyl halides is 1. The molecule has 0 aromatic heterocycles. The average Bonchev–Trinajstić information content (AvgIpc) is 2.70. The molecule has 0 aliphatic heterocycles. The van der Waals surface area contributed by atoms with Crippen LogP contribution in [0.5, 0.6) is 28.7 Å². The first-order valence-electron chi connectivity index (χ1n) is 8.02. The Hall–Kier alpha value is -1.21. The molecule has 0 fully saturated rings. The standard InChI is InChI=1S/C17H27IO9/c1-19-11-10-12(26-16(21-3)22-4)13(20-2)15(25-9-7-8-18)14(11)27-17(23-5)24-6/h10,16-17H,7-9H2,1-6H3. The number of benzene rings is 1. The highest BCUT2D eigenvalue weighted by atomic mass is 127. The minimum atomic E-state index is -0.965. The molecule has 0 bridgehead atoms. The molecule has 1 aromatic rings. The Labute approximate surface area is 173 Å². The van der Waals surface area contributed by atoms with Gasteiger partial charge < -0.3 is 42.6 Å². The number of hydrogen-bond donors (Lipinski definition) is 0. The van der Waals surface area contributed by atoms with E-state index in [1.807, 2.05) is 0 Å². The van der Waals surface area contributed by atoms with Crippen molar-refractivity contribution in [3.63, 3.8) is 0 Å². The fourth-order valence-corrected chi connectivity index (χ4v) is 2.38. The third-order valence-electron chi connectivity index (χ3n) is 3.28. The molecule has 0 spiro atoms. The number of hydrogen-bond acceptors (Lipinski definition) is 9. The van der Waals surface area contributed by atoms with Crippen LogP contribution in [0, 0.1) is 0 Å². The Morgan fingerprint density at radius 3 is 1.81 bits per heavy atom. The van der Waals surface area contributed by atoms with Crippen molar-refractivity contribution in [3.05, 3.63) is 6.07 Å². The largest absolute Gasteiger partial charge is 0.493 e. The van der Waals surface area contributed by atoms with Crippen LogP contribution in [0.3, 0.4) is 0 Å². The molecular formula is C17H27IO9. The monoisotopic (exact) mass is 502 g/mol. The minimum absolute atomic E-state index is 0.259. The summed E-state index contributed by atoms with van der Waals surface area (Å²) < 4.78 is 49.6. The van der Waals surface area contributed by atoms with Crippen molar-refractivity contribution in [1.29, 1.82) is 0 Å². The number of methoxy groups -OCH3 is 6. The predicted molar refractivity (Wildman–Crippen MR) is 105 cm³/mol. The Bertz CT molecular complexity index is 548. The predicted octanol–water partition coefficient (Wildman–Crippen LogP) is 2.82. The molecule has 0 aliphatic carbocycles. The lowest BCUT2D eigenvalue weighted by atomic mass is 10.2. The first kappa shape index (κ1) is 23.8. The Kier molecular flexibility index (Phi) is 11.5. The second kappa shape index (κ2) is 13.0. The molecular weight excluding hydrogens is 475 g/mol. The summed E-state index contributed by atoms with van der Waals surface area (Å²) in [7, 11) is 8.79. The van der Waals surface area contributed by atoms with E-state index >= 15 is 0 Å². The topological polar surface area (TPSA) is 83.1 Å². The third-order valence-corrected chi connectivity index (χ3v) is 4.04. The molecule has 0 radical (unpaired) electrons. The molecule has 156 valence electrons. The third kappa shape index (κ3) is 6.71. The van der Waals surface area contributed by atoms with E-state index in [-0.39, 0.29) is 5.75 Å². The van der Waals surface area contributed by atoms with Crippen molar-refractivity contribution >= 4 is 22.6 Å². The molecule has 1 rings (SSSR count). The van der Waals surface area contributed by atoms with E-state index in [9.17, 15) is 0 Å². The quantitative estimate of drug-likeness (QED) is 0.165. The van der Waals surface area contributed by atoms with Gasteiger partial charge in [0.05, 0.1) is 20.8 Å². The molecule has 0 aliphatic rings. The van der Waals surface area contributed by atoms with Gasteiger partial charge in [-0.3, -0.25) is 0 Å². The first-order chi connectivity index (χ1) is 13.1. The van der Waals surface area contributed by atoms with Crippen molar-refractivity contribution < 1.29 is 42.6 Å². The van der Waals surface area contributed by atoms with Gasteiger partial charge in [-0.1, -0.05) is 22.6 Å². The van der Waals surface area contributed by atoms with E-state index in [2.05, 4.69) is 22.6 Å². The summed E-state index contributed by atoms with van der Waals surface area (Å²) in [5.41, 5.74) is 0. The Morgan fingerprint density at radius 1 is 0.741 bits per heavy atom. The average molecular weight is 502 g/mol. The van der Waals surface area contributed by atoms with Crippen LogP contribution in [0.1, 0.15) is 6.42 Å². The summed E-state index contributed by atoms with van der Waals surface area (Å²) in [6.07, 6.45) is 0.827. The highest BCUT2D eigenvalue weighted by Gasteiger charge is 2.27. The molecule has 0 saturated carbocycles. The molecule has 0 N–H and O–H groups in total. The van der Waals surface area contributed by atoms with Crippen LogP contribution in [0.4, 0.5) is 0 Å². The fourth-order valence-electron chi connectivity index (χ4n) is 2.07. The molecule has 0 unspecified atom stereocenters. The maximum Gasteiger partial charge on any atom is 0.315 e. The van der Waals surface area contributed by atoms with Crippen molar-refractivity contribution in [1.82, 2.24) is 0 Å². The second-order valence-corrected chi connectivity index (χ2v) is 5.99. The van der Waals surface area contributed by atoms with Gasteiger partial charge in [-0.2, -0.15) is 0 Å². The van der Waals surface area contributed by atoms with E-state index in [1.165, 1.54) is 42.7 Å². The van der Waals surface area contributed by atoms with E-state index in [1.54, 1.807) is 6.07 Å². The summed E-state index contributed by atoms with van der Waals surface area (Å²) in [5, 5.41) is 0. The zero-order chi connectivity index (χ0) is 20.2. The lowest BCUT2D eigenvalue weighted by Crippen LogP contribution is -2.23. The number of ether oxygens (including phenoxy) is 9. The zero-order valence-corrected chi connectivity index (χ0v) is 18.6. The maximum absolute atomic E-state index is 5.91. The number of halogens is 1. The molecule has 0 atom stereocenters. The van der Waals surface area contributed by atoms with Gasteiger partial charge in [0.25, 0.3) is 0 Å². The summed E-state index contributed by atoms with van der Waals surface area (Å²) in [6, 6.07) is 1.58. The van der Waals surface area contributed by atoms with E-state index < -0.39 is 13.0 Å². The van der Waals surface area contributed by atoms with Crippen LogP contribution in [0.25, 0.3) is 0 Å². The molecule has 27 heavy (non-hydrogen) atoms. The van der Waals surface area contributed by atoms with Gasteiger partial charge in [-0.15, -0.1) is 0 Å². The Morgan fingerprint density at radius 2 is 1.33 bits per heavy atom. The van der Waals surface area contributed by atoms with Gasteiger partial charge in [-0.25, -0.2) is 0 Å².